The molecular weight excluding hydrogens is 468 g/mol. The summed E-state index contributed by atoms with van der Waals surface area (Å²) in [6.07, 6.45) is 5.90. The Bertz CT molecular complexity index is 1530. The van der Waals surface area contributed by atoms with Crippen molar-refractivity contribution < 1.29 is 14.3 Å². The summed E-state index contributed by atoms with van der Waals surface area (Å²) in [5.74, 6) is 7.00. The molecule has 2 atom stereocenters. The van der Waals surface area contributed by atoms with Crippen LogP contribution in [0.15, 0.2) is 43.0 Å². The van der Waals surface area contributed by atoms with Gasteiger partial charge in [-0.3, -0.25) is 0 Å². The lowest BCUT2D eigenvalue weighted by molar-refractivity contribution is 0.0146. The maximum Gasteiger partial charge on any atom is 0.410 e. The van der Waals surface area contributed by atoms with E-state index in [1.165, 1.54) is 0 Å². The minimum atomic E-state index is -0.575. The number of likely N-dealkylation sites (tertiary alicyclic amines) is 1. The summed E-state index contributed by atoms with van der Waals surface area (Å²) in [6, 6.07) is 7.85. The number of hydrogen-bond donors (Lipinski definition) is 1. The SMILES string of the molecule is COC[C@H]1C[C@H](n2cc(C#Cc3ccc4c(c3)ncn4C)c3c(N)nccc32)CN1C(=O)OC(C)(C)C. The highest BCUT2D eigenvalue weighted by atomic mass is 16.6. The molecule has 0 radical (unpaired) electrons. The van der Waals surface area contributed by atoms with Crippen LogP contribution < -0.4 is 5.73 Å². The third-order valence-corrected chi connectivity index (χ3v) is 6.61. The van der Waals surface area contributed by atoms with Gasteiger partial charge in [-0.25, -0.2) is 14.8 Å². The van der Waals surface area contributed by atoms with E-state index in [1.807, 2.05) is 62.8 Å². The number of nitrogen functional groups attached to an aromatic ring is 1. The number of ether oxygens (including phenoxy) is 2. The van der Waals surface area contributed by atoms with Gasteiger partial charge in [0, 0.05) is 38.7 Å². The van der Waals surface area contributed by atoms with Crippen molar-refractivity contribution in [1.82, 2.24) is 24.0 Å². The number of benzene rings is 1. The molecule has 1 aliphatic rings. The summed E-state index contributed by atoms with van der Waals surface area (Å²) < 4.78 is 15.2. The molecule has 192 valence electrons. The first-order chi connectivity index (χ1) is 17.6. The number of methoxy groups -OCH3 is 1. The molecule has 3 aromatic heterocycles. The number of imidazole rings is 1. The predicted octanol–water partition coefficient (Wildman–Crippen LogP) is 4.10. The average molecular weight is 501 g/mol. The van der Waals surface area contributed by atoms with Gasteiger partial charge in [0.2, 0.25) is 0 Å². The Hall–Kier alpha value is -4.03. The van der Waals surface area contributed by atoms with Crippen LogP contribution in [0.3, 0.4) is 0 Å². The van der Waals surface area contributed by atoms with Gasteiger partial charge in [-0.15, -0.1) is 0 Å². The van der Waals surface area contributed by atoms with E-state index in [0.717, 1.165) is 39.5 Å². The van der Waals surface area contributed by atoms with Crippen LogP contribution in [0.1, 0.15) is 44.4 Å². The second-order valence-electron chi connectivity index (χ2n) is 10.5. The number of carbonyl (C=O) groups excluding carboxylic acids is 1. The number of nitrogens with zero attached hydrogens (tertiary/aromatic N) is 5. The number of pyridine rings is 1. The largest absolute Gasteiger partial charge is 0.444 e. The molecule has 0 bridgehead atoms. The van der Waals surface area contributed by atoms with E-state index in [1.54, 1.807) is 24.5 Å². The number of anilines is 1. The van der Waals surface area contributed by atoms with E-state index in [2.05, 4.69) is 26.4 Å². The lowest BCUT2D eigenvalue weighted by Gasteiger charge is -2.28. The number of aromatic nitrogens is 4. The van der Waals surface area contributed by atoms with Crippen molar-refractivity contribution >= 4 is 33.8 Å². The molecule has 0 spiro atoms. The Kier molecular flexibility index (Phi) is 6.30. The number of fused-ring (bicyclic) bond motifs is 2. The lowest BCUT2D eigenvalue weighted by atomic mass is 10.1. The maximum atomic E-state index is 13.0. The molecule has 4 aromatic rings. The summed E-state index contributed by atoms with van der Waals surface area (Å²) in [4.78, 5) is 23.5. The molecule has 0 saturated carbocycles. The molecule has 9 nitrogen and oxygen atoms in total. The number of nitrogens with two attached hydrogens (primary N) is 1. The Labute approximate surface area is 216 Å². The first kappa shape index (κ1) is 24.7. The smallest absolute Gasteiger partial charge is 0.410 e. The van der Waals surface area contributed by atoms with Crippen LogP contribution in [0.25, 0.3) is 21.9 Å². The van der Waals surface area contributed by atoms with Gasteiger partial charge in [0.25, 0.3) is 0 Å². The summed E-state index contributed by atoms with van der Waals surface area (Å²) in [5.41, 5.74) is 10.3. The molecule has 0 aliphatic carbocycles. The van der Waals surface area contributed by atoms with Crippen molar-refractivity contribution in [3.05, 3.63) is 54.1 Å². The quantitative estimate of drug-likeness (QED) is 0.425. The fraction of sp³-hybridized carbons (Fsp3) is 0.393. The van der Waals surface area contributed by atoms with Crippen LogP contribution in [0.5, 0.6) is 0 Å². The van der Waals surface area contributed by atoms with Crippen molar-refractivity contribution in [3.8, 4) is 11.8 Å². The third-order valence-electron chi connectivity index (χ3n) is 6.61. The van der Waals surface area contributed by atoms with Crippen LogP contribution in [0.2, 0.25) is 0 Å². The highest BCUT2D eigenvalue weighted by molar-refractivity contribution is 5.95. The lowest BCUT2D eigenvalue weighted by Crippen LogP contribution is -2.41. The molecule has 4 heterocycles. The molecule has 37 heavy (non-hydrogen) atoms. The maximum absolute atomic E-state index is 13.0. The molecule has 1 aliphatic heterocycles. The number of hydrogen-bond acceptors (Lipinski definition) is 6. The summed E-state index contributed by atoms with van der Waals surface area (Å²) in [5, 5.41) is 0.813. The summed E-state index contributed by atoms with van der Waals surface area (Å²) >= 11 is 0. The Morgan fingerprint density at radius 1 is 1.19 bits per heavy atom. The van der Waals surface area contributed by atoms with Gasteiger partial charge >= 0.3 is 6.09 Å². The Balaban J connectivity index is 1.50. The van der Waals surface area contributed by atoms with E-state index in [-0.39, 0.29) is 18.2 Å². The number of rotatable bonds is 3. The van der Waals surface area contributed by atoms with Gasteiger partial charge in [-0.05, 0) is 51.5 Å². The van der Waals surface area contributed by atoms with Crippen molar-refractivity contribution in [3.63, 3.8) is 0 Å². The van der Waals surface area contributed by atoms with Gasteiger partial charge in [-0.2, -0.15) is 0 Å². The van der Waals surface area contributed by atoms with E-state index in [9.17, 15) is 4.79 Å². The zero-order valence-corrected chi connectivity index (χ0v) is 21.9. The minimum Gasteiger partial charge on any atom is -0.444 e. The van der Waals surface area contributed by atoms with Crippen LogP contribution >= 0.6 is 0 Å². The highest BCUT2D eigenvalue weighted by Gasteiger charge is 2.39. The minimum absolute atomic E-state index is 0.0115. The van der Waals surface area contributed by atoms with Crippen LogP contribution in [0, 0.1) is 11.8 Å². The van der Waals surface area contributed by atoms with E-state index in [4.69, 9.17) is 15.2 Å². The number of amides is 1. The molecule has 1 aromatic carbocycles. The van der Waals surface area contributed by atoms with E-state index in [0.29, 0.717) is 19.0 Å². The molecule has 1 saturated heterocycles. The van der Waals surface area contributed by atoms with E-state index < -0.39 is 5.60 Å². The molecule has 9 heteroatoms. The van der Waals surface area contributed by atoms with Crippen LogP contribution in [-0.2, 0) is 16.5 Å². The van der Waals surface area contributed by atoms with E-state index >= 15 is 0 Å². The Morgan fingerprint density at radius 2 is 2.00 bits per heavy atom. The fourth-order valence-electron chi connectivity index (χ4n) is 4.97. The van der Waals surface area contributed by atoms with Gasteiger partial charge in [0.15, 0.2) is 0 Å². The number of aryl methyl sites for hydroxylation is 1. The van der Waals surface area contributed by atoms with Crippen molar-refractivity contribution in [2.24, 2.45) is 7.05 Å². The second kappa shape index (κ2) is 9.45. The normalized spacial score (nSPS) is 17.8. The average Bonchev–Trinajstić information content (AvgIpc) is 3.53. The topological polar surface area (TPSA) is 100 Å². The van der Waals surface area contributed by atoms with Crippen molar-refractivity contribution in [2.45, 2.75) is 44.9 Å². The molecular formula is C28H32N6O3. The first-order valence-electron chi connectivity index (χ1n) is 12.3. The van der Waals surface area contributed by atoms with Gasteiger partial charge in [-0.1, -0.05) is 11.8 Å². The molecule has 1 amide bonds. The fourth-order valence-corrected chi connectivity index (χ4v) is 4.97. The third kappa shape index (κ3) is 4.85. The van der Waals surface area contributed by atoms with Gasteiger partial charge in [0.1, 0.15) is 11.4 Å². The van der Waals surface area contributed by atoms with Crippen LogP contribution in [0.4, 0.5) is 10.6 Å². The molecule has 1 fully saturated rings. The second-order valence-corrected chi connectivity index (χ2v) is 10.5. The Morgan fingerprint density at radius 3 is 2.76 bits per heavy atom. The predicted molar refractivity (Wildman–Crippen MR) is 143 cm³/mol. The summed E-state index contributed by atoms with van der Waals surface area (Å²) in [7, 11) is 3.61. The molecule has 2 N–H and O–H groups in total. The van der Waals surface area contributed by atoms with Crippen LogP contribution in [-0.4, -0.2) is 62.0 Å². The van der Waals surface area contributed by atoms with Gasteiger partial charge < -0.3 is 29.2 Å². The monoisotopic (exact) mass is 500 g/mol. The van der Waals surface area contributed by atoms with Crippen molar-refractivity contribution in [2.75, 3.05) is 26.0 Å². The molecule has 5 rings (SSSR count). The highest BCUT2D eigenvalue weighted by Crippen LogP contribution is 2.35. The number of carbonyl (C=O) groups is 1. The zero-order valence-electron chi connectivity index (χ0n) is 21.9. The molecule has 0 unspecified atom stereocenters. The first-order valence-corrected chi connectivity index (χ1v) is 12.3. The standard InChI is InChI=1S/C28H32N6O3/c1-28(2,3)37-27(35)34-15-20(13-21(34)16-36-5)33-14-19(25-24(33)10-11-30-26(25)29)8-6-18-7-9-23-22(12-18)31-17-32(23)4/h7,9-12,14,17,20-21H,13,15-16H2,1-5H3,(H2,29,30)/t20-,21+/m0/s1. The van der Waals surface area contributed by atoms with Crippen molar-refractivity contribution in [1.29, 1.82) is 0 Å². The van der Waals surface area contributed by atoms with Gasteiger partial charge in [0.05, 0.1) is 52.5 Å². The summed E-state index contributed by atoms with van der Waals surface area (Å²) in [6.45, 7) is 6.54. The zero-order chi connectivity index (χ0) is 26.3.